The van der Waals surface area contributed by atoms with Gasteiger partial charge in [0, 0.05) is 12.4 Å². The molecule has 5 nitrogen and oxygen atoms in total. The summed E-state index contributed by atoms with van der Waals surface area (Å²) in [5.74, 6) is 0. The predicted molar refractivity (Wildman–Crippen MR) is 45.5 cm³/mol. The minimum atomic E-state index is -0.0637. The summed E-state index contributed by atoms with van der Waals surface area (Å²) >= 11 is 0. The van der Waals surface area contributed by atoms with Gasteiger partial charge in [-0.1, -0.05) is 0 Å². The van der Waals surface area contributed by atoms with Gasteiger partial charge < -0.3 is 0 Å². The summed E-state index contributed by atoms with van der Waals surface area (Å²) in [5.41, 5.74) is 0. The van der Waals surface area contributed by atoms with Crippen molar-refractivity contribution in [3.05, 3.63) is 18.7 Å². The standard InChI is InChI=1S/C8H8N4O/c13-8(11-2-1-9-4-11)12-5-10-6-3-7(6)12/h1-2,4-7H,3H2. The maximum atomic E-state index is 11.7. The zero-order valence-electron chi connectivity index (χ0n) is 6.87. The van der Waals surface area contributed by atoms with Gasteiger partial charge in [-0.15, -0.1) is 0 Å². The molecule has 1 saturated carbocycles. The van der Waals surface area contributed by atoms with E-state index in [0.29, 0.717) is 12.1 Å². The largest absolute Gasteiger partial charge is 0.334 e. The van der Waals surface area contributed by atoms with E-state index in [9.17, 15) is 4.79 Å². The van der Waals surface area contributed by atoms with Crippen LogP contribution >= 0.6 is 0 Å². The monoisotopic (exact) mass is 176 g/mol. The van der Waals surface area contributed by atoms with Crippen molar-refractivity contribution in [1.82, 2.24) is 14.5 Å². The fraction of sp³-hybridized carbons (Fsp3) is 0.375. The molecule has 1 fully saturated rings. The van der Waals surface area contributed by atoms with Crippen LogP contribution in [0.1, 0.15) is 6.42 Å². The molecular formula is C8H8N4O. The first-order chi connectivity index (χ1) is 6.36. The van der Waals surface area contributed by atoms with Crippen LogP contribution in [0, 0.1) is 0 Å². The van der Waals surface area contributed by atoms with Crippen LogP contribution in [0.2, 0.25) is 0 Å². The van der Waals surface area contributed by atoms with Crippen molar-refractivity contribution in [2.75, 3.05) is 0 Å². The van der Waals surface area contributed by atoms with Crippen LogP contribution in [0.4, 0.5) is 4.79 Å². The number of aromatic nitrogens is 2. The number of rotatable bonds is 0. The second kappa shape index (κ2) is 2.18. The fourth-order valence-corrected chi connectivity index (χ4v) is 1.57. The SMILES string of the molecule is O=C(N1C=NC2CC21)n1ccnc1. The number of carbonyl (C=O) groups excluding carboxylic acids is 1. The predicted octanol–water partition coefficient (Wildman–Crippen LogP) is 0.336. The molecule has 0 saturated heterocycles. The zero-order chi connectivity index (χ0) is 8.84. The molecule has 0 aromatic carbocycles. The lowest BCUT2D eigenvalue weighted by molar-refractivity contribution is 0.223. The number of hydrogen-bond donors (Lipinski definition) is 0. The third-order valence-corrected chi connectivity index (χ3v) is 2.41. The second-order valence-corrected chi connectivity index (χ2v) is 3.29. The third-order valence-electron chi connectivity index (χ3n) is 2.41. The number of aliphatic imine (C=N–C) groups is 1. The van der Waals surface area contributed by atoms with Crippen molar-refractivity contribution in [2.45, 2.75) is 18.5 Å². The first kappa shape index (κ1) is 6.82. The molecule has 2 heterocycles. The second-order valence-electron chi connectivity index (χ2n) is 3.29. The minimum absolute atomic E-state index is 0.0637. The van der Waals surface area contributed by atoms with E-state index in [0.717, 1.165) is 6.42 Å². The Morgan fingerprint density at radius 2 is 2.46 bits per heavy atom. The number of hydrogen-bond acceptors (Lipinski definition) is 3. The van der Waals surface area contributed by atoms with Crippen molar-refractivity contribution in [3.63, 3.8) is 0 Å². The van der Waals surface area contributed by atoms with Gasteiger partial charge in [0.1, 0.15) is 6.33 Å². The van der Waals surface area contributed by atoms with E-state index < -0.39 is 0 Å². The summed E-state index contributed by atoms with van der Waals surface area (Å²) in [5, 5.41) is 0. The van der Waals surface area contributed by atoms with E-state index in [4.69, 9.17) is 0 Å². The Bertz CT molecular complexity index is 370. The van der Waals surface area contributed by atoms with Gasteiger partial charge in [-0.3, -0.25) is 14.5 Å². The first-order valence-corrected chi connectivity index (χ1v) is 4.20. The zero-order valence-corrected chi connectivity index (χ0v) is 6.87. The molecule has 13 heavy (non-hydrogen) atoms. The molecular weight excluding hydrogens is 168 g/mol. The van der Waals surface area contributed by atoms with E-state index in [1.807, 2.05) is 0 Å². The van der Waals surface area contributed by atoms with Crippen molar-refractivity contribution < 1.29 is 4.79 Å². The van der Waals surface area contributed by atoms with Gasteiger partial charge in [-0.05, 0) is 6.42 Å². The molecule has 0 N–H and O–H groups in total. The van der Waals surface area contributed by atoms with Gasteiger partial charge in [-0.2, -0.15) is 0 Å². The number of nitrogens with zero attached hydrogens (tertiary/aromatic N) is 4. The van der Waals surface area contributed by atoms with Gasteiger partial charge in [0.2, 0.25) is 0 Å². The average Bonchev–Trinajstić information content (AvgIpc) is 2.67. The summed E-state index contributed by atoms with van der Waals surface area (Å²) in [6.07, 6.45) is 7.38. The molecule has 2 aliphatic rings. The highest BCUT2D eigenvalue weighted by atomic mass is 16.2. The fourth-order valence-electron chi connectivity index (χ4n) is 1.57. The molecule has 1 aromatic heterocycles. The van der Waals surface area contributed by atoms with Gasteiger partial charge in [0.25, 0.3) is 0 Å². The minimum Gasteiger partial charge on any atom is -0.279 e. The molecule has 1 aromatic rings. The van der Waals surface area contributed by atoms with E-state index >= 15 is 0 Å². The molecule has 0 bridgehead atoms. The van der Waals surface area contributed by atoms with Crippen LogP contribution in [0.25, 0.3) is 0 Å². The topological polar surface area (TPSA) is 50.5 Å². The Labute approximate surface area is 74.7 Å². The Hall–Kier alpha value is -1.65. The molecule has 3 rings (SSSR count). The van der Waals surface area contributed by atoms with Crippen molar-refractivity contribution in [2.24, 2.45) is 4.99 Å². The lowest BCUT2D eigenvalue weighted by Gasteiger charge is -2.12. The van der Waals surface area contributed by atoms with Gasteiger partial charge >= 0.3 is 6.03 Å². The number of fused-ring (bicyclic) bond motifs is 1. The summed E-state index contributed by atoms with van der Waals surface area (Å²) in [6.45, 7) is 0. The Morgan fingerprint density at radius 3 is 3.00 bits per heavy atom. The van der Waals surface area contributed by atoms with Crippen LogP contribution < -0.4 is 0 Å². The van der Waals surface area contributed by atoms with Crippen molar-refractivity contribution in [1.29, 1.82) is 0 Å². The molecule has 66 valence electrons. The smallest absolute Gasteiger partial charge is 0.279 e. The molecule has 1 aliphatic heterocycles. The number of amides is 1. The van der Waals surface area contributed by atoms with E-state index in [-0.39, 0.29) is 6.03 Å². The molecule has 2 atom stereocenters. The average molecular weight is 176 g/mol. The number of carbonyl (C=O) groups is 1. The van der Waals surface area contributed by atoms with Gasteiger partial charge in [-0.25, -0.2) is 9.78 Å². The van der Waals surface area contributed by atoms with Gasteiger partial charge in [0.05, 0.1) is 18.4 Å². The lowest BCUT2D eigenvalue weighted by atomic mass is 10.6. The molecule has 5 heteroatoms. The maximum absolute atomic E-state index is 11.7. The highest BCUT2D eigenvalue weighted by molar-refractivity contribution is 5.90. The van der Waals surface area contributed by atoms with E-state index in [1.54, 1.807) is 23.6 Å². The summed E-state index contributed by atoms with van der Waals surface area (Å²) < 4.78 is 1.46. The van der Waals surface area contributed by atoms with E-state index in [1.165, 1.54) is 10.9 Å². The van der Waals surface area contributed by atoms with Crippen molar-refractivity contribution in [3.8, 4) is 0 Å². The summed E-state index contributed by atoms with van der Waals surface area (Å²) in [4.78, 5) is 21.4. The first-order valence-electron chi connectivity index (χ1n) is 4.20. The summed E-state index contributed by atoms with van der Waals surface area (Å²) in [6, 6.07) is 0.619. The van der Waals surface area contributed by atoms with Gasteiger partial charge in [0.15, 0.2) is 0 Å². The van der Waals surface area contributed by atoms with Crippen LogP contribution in [-0.4, -0.2) is 38.9 Å². The Kier molecular flexibility index (Phi) is 1.15. The third kappa shape index (κ3) is 0.898. The Balaban J connectivity index is 1.86. The summed E-state index contributed by atoms with van der Waals surface area (Å²) in [7, 11) is 0. The van der Waals surface area contributed by atoms with Crippen LogP contribution in [0.5, 0.6) is 0 Å². The molecule has 0 radical (unpaired) electrons. The molecule has 2 unspecified atom stereocenters. The lowest BCUT2D eigenvalue weighted by Crippen LogP contribution is -2.33. The van der Waals surface area contributed by atoms with Crippen LogP contribution in [0.3, 0.4) is 0 Å². The normalized spacial score (nSPS) is 29.1. The quantitative estimate of drug-likeness (QED) is 0.572. The highest BCUT2D eigenvalue weighted by Crippen LogP contribution is 2.35. The molecule has 1 amide bonds. The van der Waals surface area contributed by atoms with Crippen LogP contribution in [-0.2, 0) is 0 Å². The molecule has 0 spiro atoms. The highest BCUT2D eigenvalue weighted by Gasteiger charge is 2.47. The molecule has 1 aliphatic carbocycles. The Morgan fingerprint density at radius 1 is 1.54 bits per heavy atom. The van der Waals surface area contributed by atoms with E-state index in [2.05, 4.69) is 9.98 Å². The maximum Gasteiger partial charge on any atom is 0.334 e. The van der Waals surface area contributed by atoms with Crippen LogP contribution in [0.15, 0.2) is 23.7 Å². The van der Waals surface area contributed by atoms with Crippen molar-refractivity contribution >= 4 is 12.4 Å². The number of imidazole rings is 1.